The number of likely N-dealkylation sites (tertiary alicyclic amines) is 1. The molecule has 0 aliphatic carbocycles. The lowest BCUT2D eigenvalue weighted by Gasteiger charge is -2.24. The van der Waals surface area contributed by atoms with Crippen LogP contribution in [0.2, 0.25) is 0 Å². The van der Waals surface area contributed by atoms with Gasteiger partial charge in [0.1, 0.15) is 11.8 Å². The van der Waals surface area contributed by atoms with Crippen molar-refractivity contribution in [2.45, 2.75) is 45.0 Å². The number of nitrogens with one attached hydrogen (secondary N) is 1. The molecule has 0 spiro atoms. The Morgan fingerprint density at radius 2 is 1.88 bits per heavy atom. The van der Waals surface area contributed by atoms with Gasteiger partial charge in [0.15, 0.2) is 0 Å². The number of anilines is 1. The van der Waals surface area contributed by atoms with Gasteiger partial charge < -0.3 is 15.0 Å². The number of carbonyl (C=O) groups is 2. The van der Waals surface area contributed by atoms with E-state index >= 15 is 0 Å². The molecule has 1 aliphatic rings. The number of benzene rings is 1. The van der Waals surface area contributed by atoms with Gasteiger partial charge in [0.2, 0.25) is 5.91 Å². The molecule has 2 rings (SSSR count). The maximum Gasteiger partial charge on any atom is 0.471 e. The Morgan fingerprint density at radius 3 is 2.42 bits per heavy atom. The number of ether oxygens (including phenoxy) is 1. The van der Waals surface area contributed by atoms with Crippen molar-refractivity contribution in [1.82, 2.24) is 4.90 Å². The molecule has 0 radical (unpaired) electrons. The summed E-state index contributed by atoms with van der Waals surface area (Å²) in [5, 5.41) is 2.54. The number of hydrogen-bond donors (Lipinski definition) is 1. The van der Waals surface area contributed by atoms with Crippen molar-refractivity contribution in [3.05, 3.63) is 24.3 Å². The molecule has 1 saturated heterocycles. The van der Waals surface area contributed by atoms with E-state index in [4.69, 9.17) is 4.74 Å². The van der Waals surface area contributed by atoms with Crippen LogP contribution in [0.25, 0.3) is 0 Å². The van der Waals surface area contributed by atoms with Crippen molar-refractivity contribution in [3.63, 3.8) is 0 Å². The predicted octanol–water partition coefficient (Wildman–Crippen LogP) is 2.97. The number of hydrogen-bond acceptors (Lipinski definition) is 3. The molecule has 0 bridgehead atoms. The van der Waals surface area contributed by atoms with Crippen molar-refractivity contribution < 1.29 is 27.5 Å². The fraction of sp³-hybridized carbons (Fsp3) is 0.500. The first-order chi connectivity index (χ1) is 11.2. The molecule has 5 nitrogen and oxygen atoms in total. The number of nitrogens with zero attached hydrogens (tertiary/aromatic N) is 1. The van der Waals surface area contributed by atoms with E-state index in [0.717, 1.165) is 0 Å². The molecule has 1 aliphatic heterocycles. The normalized spacial score (nSPS) is 17.9. The summed E-state index contributed by atoms with van der Waals surface area (Å²) >= 11 is 0. The summed E-state index contributed by atoms with van der Waals surface area (Å²) < 4.78 is 43.2. The Bertz CT molecular complexity index is 600. The highest BCUT2D eigenvalue weighted by Crippen LogP contribution is 2.26. The summed E-state index contributed by atoms with van der Waals surface area (Å²) in [5.74, 6) is -1.97. The molecule has 0 saturated carbocycles. The van der Waals surface area contributed by atoms with Crippen LogP contribution in [-0.2, 0) is 9.59 Å². The second-order valence-electron chi connectivity index (χ2n) is 5.83. The second-order valence-corrected chi connectivity index (χ2v) is 5.83. The van der Waals surface area contributed by atoms with E-state index < -0.39 is 24.0 Å². The summed E-state index contributed by atoms with van der Waals surface area (Å²) in [7, 11) is 0. The quantitative estimate of drug-likeness (QED) is 0.914. The largest absolute Gasteiger partial charge is 0.491 e. The molecule has 1 unspecified atom stereocenters. The molecule has 2 amide bonds. The SMILES string of the molecule is CC(C)Oc1ccc(NC(=O)C2CCCN2C(=O)C(F)(F)F)cc1. The minimum Gasteiger partial charge on any atom is -0.491 e. The number of alkyl halides is 3. The fourth-order valence-electron chi connectivity index (χ4n) is 2.56. The van der Waals surface area contributed by atoms with Gasteiger partial charge in [0.05, 0.1) is 6.10 Å². The molecule has 24 heavy (non-hydrogen) atoms. The number of carbonyl (C=O) groups excluding carboxylic acids is 2. The van der Waals surface area contributed by atoms with Crippen molar-refractivity contribution >= 4 is 17.5 Å². The van der Waals surface area contributed by atoms with Gasteiger partial charge in [-0.3, -0.25) is 9.59 Å². The third kappa shape index (κ3) is 4.39. The standard InChI is InChI=1S/C16H19F3N2O3/c1-10(2)24-12-7-5-11(6-8-12)20-14(22)13-4-3-9-21(13)15(23)16(17,18)19/h5-8,10,13H,3-4,9H2,1-2H3,(H,20,22). The van der Waals surface area contributed by atoms with E-state index in [1.165, 1.54) is 0 Å². The highest BCUT2D eigenvalue weighted by atomic mass is 19.4. The Kier molecular flexibility index (Phi) is 5.36. The third-order valence-corrected chi connectivity index (χ3v) is 3.55. The van der Waals surface area contributed by atoms with Gasteiger partial charge >= 0.3 is 12.1 Å². The molecule has 8 heteroatoms. The average Bonchev–Trinajstić information content (AvgIpc) is 2.96. The topological polar surface area (TPSA) is 58.6 Å². The number of amides is 2. The lowest BCUT2D eigenvalue weighted by atomic mass is 10.2. The molecule has 1 aromatic carbocycles. The minimum atomic E-state index is -4.97. The predicted molar refractivity (Wildman–Crippen MR) is 81.6 cm³/mol. The van der Waals surface area contributed by atoms with E-state index in [9.17, 15) is 22.8 Å². The van der Waals surface area contributed by atoms with Crippen LogP contribution in [-0.4, -0.2) is 41.6 Å². The first kappa shape index (κ1) is 18.1. The minimum absolute atomic E-state index is 0.00543. The van der Waals surface area contributed by atoms with Crippen LogP contribution < -0.4 is 10.1 Å². The van der Waals surface area contributed by atoms with Gasteiger partial charge in [-0.15, -0.1) is 0 Å². The molecule has 132 valence electrons. The van der Waals surface area contributed by atoms with E-state index in [1.54, 1.807) is 24.3 Å². The van der Waals surface area contributed by atoms with Gasteiger partial charge in [0, 0.05) is 12.2 Å². The first-order valence-corrected chi connectivity index (χ1v) is 7.64. The lowest BCUT2D eigenvalue weighted by Crippen LogP contribution is -2.48. The van der Waals surface area contributed by atoms with E-state index in [-0.39, 0.29) is 19.1 Å². The van der Waals surface area contributed by atoms with Crippen LogP contribution in [0.1, 0.15) is 26.7 Å². The summed E-state index contributed by atoms with van der Waals surface area (Å²) in [6.45, 7) is 3.68. The van der Waals surface area contributed by atoms with Crippen LogP contribution in [0.4, 0.5) is 18.9 Å². The highest BCUT2D eigenvalue weighted by Gasteiger charge is 2.47. The Hall–Kier alpha value is -2.25. The van der Waals surface area contributed by atoms with E-state index in [1.807, 2.05) is 13.8 Å². The Labute approximate surface area is 137 Å². The lowest BCUT2D eigenvalue weighted by molar-refractivity contribution is -0.186. The Morgan fingerprint density at radius 1 is 1.25 bits per heavy atom. The van der Waals surface area contributed by atoms with Gasteiger partial charge in [0.25, 0.3) is 0 Å². The zero-order valence-electron chi connectivity index (χ0n) is 13.4. The van der Waals surface area contributed by atoms with Crippen LogP contribution in [0.5, 0.6) is 5.75 Å². The maximum absolute atomic E-state index is 12.6. The van der Waals surface area contributed by atoms with Crippen molar-refractivity contribution in [3.8, 4) is 5.75 Å². The summed E-state index contributed by atoms with van der Waals surface area (Å²) in [6, 6.07) is 5.40. The maximum atomic E-state index is 12.6. The fourth-order valence-corrected chi connectivity index (χ4v) is 2.56. The summed E-state index contributed by atoms with van der Waals surface area (Å²) in [6.07, 6.45) is -4.40. The van der Waals surface area contributed by atoms with E-state index in [0.29, 0.717) is 22.8 Å². The molecular weight excluding hydrogens is 325 g/mol. The van der Waals surface area contributed by atoms with Crippen LogP contribution in [0.3, 0.4) is 0 Å². The molecule has 1 N–H and O–H groups in total. The molecule has 1 fully saturated rings. The second kappa shape index (κ2) is 7.11. The third-order valence-electron chi connectivity index (χ3n) is 3.55. The monoisotopic (exact) mass is 344 g/mol. The first-order valence-electron chi connectivity index (χ1n) is 7.64. The number of rotatable bonds is 4. The molecule has 1 aromatic rings. The summed E-state index contributed by atoms with van der Waals surface area (Å²) in [4.78, 5) is 24.2. The average molecular weight is 344 g/mol. The number of halogens is 3. The molecule has 1 atom stereocenters. The van der Waals surface area contributed by atoms with Crippen LogP contribution in [0, 0.1) is 0 Å². The van der Waals surface area contributed by atoms with Crippen LogP contribution in [0.15, 0.2) is 24.3 Å². The smallest absolute Gasteiger partial charge is 0.471 e. The van der Waals surface area contributed by atoms with E-state index in [2.05, 4.69) is 5.32 Å². The van der Waals surface area contributed by atoms with Gasteiger partial charge in [-0.05, 0) is 51.0 Å². The summed E-state index contributed by atoms with van der Waals surface area (Å²) in [5.41, 5.74) is 0.433. The van der Waals surface area contributed by atoms with Crippen molar-refractivity contribution in [1.29, 1.82) is 0 Å². The highest BCUT2D eigenvalue weighted by molar-refractivity contribution is 5.98. The zero-order chi connectivity index (χ0) is 17.9. The van der Waals surface area contributed by atoms with Crippen LogP contribution >= 0.6 is 0 Å². The van der Waals surface area contributed by atoms with Crippen molar-refractivity contribution in [2.75, 3.05) is 11.9 Å². The van der Waals surface area contributed by atoms with Crippen molar-refractivity contribution in [2.24, 2.45) is 0 Å². The zero-order valence-corrected chi connectivity index (χ0v) is 13.4. The molecule has 1 heterocycles. The van der Waals surface area contributed by atoms with Gasteiger partial charge in [-0.2, -0.15) is 13.2 Å². The van der Waals surface area contributed by atoms with Gasteiger partial charge in [-0.1, -0.05) is 0 Å². The van der Waals surface area contributed by atoms with Gasteiger partial charge in [-0.25, -0.2) is 0 Å². The Balaban J connectivity index is 2.02. The molecule has 0 aromatic heterocycles. The molecular formula is C16H19F3N2O3.